The Labute approximate surface area is 123 Å². The first kappa shape index (κ1) is 17.2. The maximum atomic E-state index is 5.81. The van der Waals surface area contributed by atoms with Crippen LogP contribution in [0, 0.1) is 0 Å². The van der Waals surface area contributed by atoms with Gasteiger partial charge in [0, 0.05) is 13.5 Å². The van der Waals surface area contributed by atoms with Crippen LogP contribution in [-0.2, 0) is 14.2 Å². The average molecular weight is 280 g/mol. The Morgan fingerprint density at radius 1 is 0.850 bits per heavy atom. The quantitative estimate of drug-likeness (QED) is 0.630. The van der Waals surface area contributed by atoms with Crippen LogP contribution in [0.2, 0.25) is 0 Å². The molecule has 1 aromatic carbocycles. The minimum absolute atomic E-state index is 0.0882. The summed E-state index contributed by atoms with van der Waals surface area (Å²) in [5.74, 6) is 0. The fraction of sp³-hybridized carbons (Fsp3) is 0.647. The molecule has 0 aromatic heterocycles. The molecule has 1 rings (SSSR count). The summed E-state index contributed by atoms with van der Waals surface area (Å²) < 4.78 is 17.2. The summed E-state index contributed by atoms with van der Waals surface area (Å²) in [6.45, 7) is 8.12. The lowest BCUT2D eigenvalue weighted by atomic mass is 10.0. The summed E-state index contributed by atoms with van der Waals surface area (Å²) in [6, 6.07) is 10.3. The first-order chi connectivity index (χ1) is 9.52. The van der Waals surface area contributed by atoms with Gasteiger partial charge in [0.15, 0.2) is 6.29 Å². The normalized spacial score (nSPS) is 13.4. The van der Waals surface area contributed by atoms with E-state index in [4.69, 9.17) is 14.2 Å². The molecule has 0 fully saturated rings. The third-order valence-corrected chi connectivity index (χ3v) is 2.97. The van der Waals surface area contributed by atoms with Crippen LogP contribution >= 0.6 is 0 Å². The third-order valence-electron chi connectivity index (χ3n) is 2.97. The van der Waals surface area contributed by atoms with Crippen LogP contribution < -0.4 is 0 Å². The van der Waals surface area contributed by atoms with E-state index in [9.17, 15) is 0 Å². The molecule has 0 radical (unpaired) electrons. The van der Waals surface area contributed by atoms with Gasteiger partial charge in [0.25, 0.3) is 0 Å². The molecule has 0 spiro atoms. The summed E-state index contributed by atoms with van der Waals surface area (Å²) in [6.07, 6.45) is 1.95. The van der Waals surface area contributed by atoms with Crippen LogP contribution in [0.3, 0.4) is 0 Å². The van der Waals surface area contributed by atoms with Crippen molar-refractivity contribution in [3.05, 3.63) is 35.9 Å². The lowest BCUT2D eigenvalue weighted by molar-refractivity contribution is -0.186. The zero-order valence-corrected chi connectivity index (χ0v) is 13.3. The van der Waals surface area contributed by atoms with Crippen molar-refractivity contribution in [3.8, 4) is 0 Å². The van der Waals surface area contributed by atoms with E-state index in [1.54, 1.807) is 7.11 Å². The average Bonchev–Trinajstić information content (AvgIpc) is 2.39. The number of rotatable bonds is 9. The minimum Gasteiger partial charge on any atom is -0.377 e. The number of hydrogen-bond acceptors (Lipinski definition) is 3. The van der Waals surface area contributed by atoms with Crippen molar-refractivity contribution in [3.63, 3.8) is 0 Å². The summed E-state index contributed by atoms with van der Waals surface area (Å²) in [7, 11) is 1.75. The van der Waals surface area contributed by atoms with Gasteiger partial charge in [0.05, 0.1) is 18.3 Å². The predicted molar refractivity (Wildman–Crippen MR) is 81.7 cm³/mol. The highest BCUT2D eigenvalue weighted by molar-refractivity contribution is 5.17. The van der Waals surface area contributed by atoms with Gasteiger partial charge >= 0.3 is 0 Å². The lowest BCUT2D eigenvalue weighted by Crippen LogP contribution is -2.25. The van der Waals surface area contributed by atoms with Gasteiger partial charge in [-0.25, -0.2) is 0 Å². The molecule has 1 unspecified atom stereocenters. The van der Waals surface area contributed by atoms with E-state index < -0.39 is 0 Å². The van der Waals surface area contributed by atoms with E-state index in [0.29, 0.717) is 0 Å². The van der Waals surface area contributed by atoms with Crippen molar-refractivity contribution < 1.29 is 14.2 Å². The molecule has 0 saturated heterocycles. The second kappa shape index (κ2) is 9.11. The Morgan fingerprint density at radius 3 is 1.85 bits per heavy atom. The first-order valence-electron chi connectivity index (χ1n) is 7.41. The van der Waals surface area contributed by atoms with Crippen LogP contribution in [0.25, 0.3) is 0 Å². The van der Waals surface area contributed by atoms with E-state index in [1.807, 2.05) is 45.9 Å². The Hall–Kier alpha value is -0.900. The fourth-order valence-corrected chi connectivity index (χ4v) is 2.15. The van der Waals surface area contributed by atoms with Crippen LogP contribution in [0.15, 0.2) is 30.3 Å². The number of methoxy groups -OCH3 is 1. The monoisotopic (exact) mass is 280 g/mol. The molecular weight excluding hydrogens is 252 g/mol. The molecule has 0 aliphatic heterocycles. The molecule has 3 heteroatoms. The van der Waals surface area contributed by atoms with E-state index in [0.717, 1.165) is 12.8 Å². The zero-order valence-electron chi connectivity index (χ0n) is 13.3. The second-order valence-electron chi connectivity index (χ2n) is 5.51. The van der Waals surface area contributed by atoms with Gasteiger partial charge in [0.2, 0.25) is 0 Å². The number of ether oxygens (including phenoxy) is 3. The third kappa shape index (κ3) is 6.51. The van der Waals surface area contributed by atoms with Crippen molar-refractivity contribution in [2.75, 3.05) is 7.11 Å². The van der Waals surface area contributed by atoms with Gasteiger partial charge in [0.1, 0.15) is 0 Å². The topological polar surface area (TPSA) is 27.7 Å². The molecule has 0 heterocycles. The Bertz CT molecular complexity index is 339. The molecule has 0 bridgehead atoms. The smallest absolute Gasteiger partial charge is 0.158 e. The van der Waals surface area contributed by atoms with Crippen molar-refractivity contribution in [2.45, 2.75) is 65.1 Å². The van der Waals surface area contributed by atoms with E-state index >= 15 is 0 Å². The molecule has 0 aliphatic carbocycles. The van der Waals surface area contributed by atoms with Crippen molar-refractivity contribution in [1.29, 1.82) is 0 Å². The van der Waals surface area contributed by atoms with E-state index in [1.165, 1.54) is 5.56 Å². The first-order valence-corrected chi connectivity index (χ1v) is 7.41. The summed E-state index contributed by atoms with van der Waals surface area (Å²) in [5, 5.41) is 0. The molecule has 114 valence electrons. The molecule has 1 aromatic rings. The molecule has 0 aliphatic rings. The zero-order chi connectivity index (χ0) is 15.0. The maximum absolute atomic E-state index is 5.81. The number of hydrogen-bond donors (Lipinski definition) is 0. The fourth-order valence-electron chi connectivity index (χ4n) is 2.15. The highest BCUT2D eigenvalue weighted by Crippen LogP contribution is 2.24. The molecule has 3 nitrogen and oxygen atoms in total. The van der Waals surface area contributed by atoms with Gasteiger partial charge in [-0.15, -0.1) is 0 Å². The molecule has 0 N–H and O–H groups in total. The Kier molecular flexibility index (Phi) is 7.82. The standard InChI is InChI=1S/C17H28O3/c1-13(2)19-17(20-14(3)4)12-11-16(18-5)15-9-7-6-8-10-15/h6-10,13-14,16-17H,11-12H2,1-5H3. The highest BCUT2D eigenvalue weighted by Gasteiger charge is 2.17. The Morgan fingerprint density at radius 2 is 1.40 bits per heavy atom. The number of benzene rings is 1. The van der Waals surface area contributed by atoms with Crippen LogP contribution in [-0.4, -0.2) is 25.6 Å². The SMILES string of the molecule is COC(CCC(OC(C)C)OC(C)C)c1ccccc1. The highest BCUT2D eigenvalue weighted by atomic mass is 16.7. The predicted octanol–water partition coefficient (Wildman–Crippen LogP) is 4.33. The Balaban J connectivity index is 2.55. The minimum atomic E-state index is -0.170. The van der Waals surface area contributed by atoms with Gasteiger partial charge in [-0.05, 0) is 39.7 Å². The van der Waals surface area contributed by atoms with Crippen LogP contribution in [0.4, 0.5) is 0 Å². The molecule has 1 atom stereocenters. The molecule has 20 heavy (non-hydrogen) atoms. The van der Waals surface area contributed by atoms with E-state index in [-0.39, 0.29) is 24.6 Å². The summed E-state index contributed by atoms with van der Waals surface area (Å²) in [4.78, 5) is 0. The second-order valence-corrected chi connectivity index (χ2v) is 5.51. The molecule has 0 amide bonds. The van der Waals surface area contributed by atoms with Gasteiger partial charge in [-0.1, -0.05) is 30.3 Å². The van der Waals surface area contributed by atoms with Crippen molar-refractivity contribution in [1.82, 2.24) is 0 Å². The van der Waals surface area contributed by atoms with Gasteiger partial charge < -0.3 is 14.2 Å². The maximum Gasteiger partial charge on any atom is 0.158 e. The largest absolute Gasteiger partial charge is 0.377 e. The summed E-state index contributed by atoms with van der Waals surface area (Å²) >= 11 is 0. The molecule has 0 saturated carbocycles. The summed E-state index contributed by atoms with van der Waals surface area (Å²) in [5.41, 5.74) is 1.20. The van der Waals surface area contributed by atoms with E-state index in [2.05, 4.69) is 12.1 Å². The van der Waals surface area contributed by atoms with Gasteiger partial charge in [-0.3, -0.25) is 0 Å². The van der Waals surface area contributed by atoms with Crippen LogP contribution in [0.1, 0.15) is 52.2 Å². The van der Waals surface area contributed by atoms with Crippen molar-refractivity contribution in [2.24, 2.45) is 0 Å². The molecular formula is C17H28O3. The lowest BCUT2D eigenvalue weighted by Gasteiger charge is -2.25. The van der Waals surface area contributed by atoms with Crippen molar-refractivity contribution >= 4 is 0 Å². The van der Waals surface area contributed by atoms with Crippen LogP contribution in [0.5, 0.6) is 0 Å². The van der Waals surface area contributed by atoms with Gasteiger partial charge in [-0.2, -0.15) is 0 Å².